The third-order valence-electron chi connectivity index (χ3n) is 5.77. The molecule has 6 nitrogen and oxygen atoms in total. The highest BCUT2D eigenvalue weighted by atomic mass is 35.5. The van der Waals surface area contributed by atoms with Crippen molar-refractivity contribution >= 4 is 35.2 Å². The number of carbonyl (C=O) groups excluding carboxylic acids is 2. The summed E-state index contributed by atoms with van der Waals surface area (Å²) in [5, 5.41) is 3.78. The molecule has 0 aliphatic carbocycles. The van der Waals surface area contributed by atoms with E-state index in [1.807, 2.05) is 0 Å². The van der Waals surface area contributed by atoms with E-state index >= 15 is 0 Å². The monoisotopic (exact) mass is 465 g/mol. The van der Waals surface area contributed by atoms with Crippen LogP contribution < -0.4 is 5.32 Å². The number of amides is 2. The van der Waals surface area contributed by atoms with E-state index in [1.165, 1.54) is 0 Å². The summed E-state index contributed by atoms with van der Waals surface area (Å²) in [5.41, 5.74) is 1.63. The summed E-state index contributed by atoms with van der Waals surface area (Å²) < 4.78 is 5.41. The van der Waals surface area contributed by atoms with Gasteiger partial charge in [0.05, 0.1) is 18.2 Å². The highest BCUT2D eigenvalue weighted by Gasteiger charge is 2.39. The average molecular weight is 466 g/mol. The molecular weight excluding hydrogens is 437 g/mol. The fourth-order valence-electron chi connectivity index (χ4n) is 4.05. The maximum atomic E-state index is 13.1. The van der Waals surface area contributed by atoms with Gasteiger partial charge in [-0.05, 0) is 56.5 Å². The van der Waals surface area contributed by atoms with Crippen LogP contribution in [-0.4, -0.2) is 54.6 Å². The molecule has 1 atom stereocenters. The highest BCUT2D eigenvalue weighted by Crippen LogP contribution is 2.36. The Labute approximate surface area is 193 Å². The molecule has 0 radical (unpaired) electrons. The van der Waals surface area contributed by atoms with E-state index < -0.39 is 12.0 Å². The molecule has 0 bridgehead atoms. The van der Waals surface area contributed by atoms with Gasteiger partial charge >= 0.3 is 12.0 Å². The number of benzene rings is 1. The van der Waals surface area contributed by atoms with E-state index in [0.29, 0.717) is 39.3 Å². The molecule has 2 aliphatic rings. The largest absolute Gasteiger partial charge is 0.463 e. The number of nitrogens with zero attached hydrogens (tertiary/aromatic N) is 2. The Morgan fingerprint density at radius 3 is 2.65 bits per heavy atom. The number of piperidine rings is 1. The molecule has 1 saturated heterocycles. The minimum Gasteiger partial charge on any atom is -0.463 e. The van der Waals surface area contributed by atoms with Crippen molar-refractivity contribution in [2.45, 2.75) is 32.7 Å². The number of ether oxygens (including phenoxy) is 1. The number of urea groups is 1. The molecule has 2 aliphatic heterocycles. The second-order valence-corrected chi connectivity index (χ2v) is 8.83. The van der Waals surface area contributed by atoms with Crippen LogP contribution in [0, 0.1) is 5.92 Å². The zero-order valence-electron chi connectivity index (χ0n) is 18.0. The van der Waals surface area contributed by atoms with Gasteiger partial charge in [-0.15, -0.1) is 6.58 Å². The SMILES string of the molecule is C=CCN1C(=O)N[C@H](c2ccc(Cl)cc2Cl)C(C(=O)OCC)=C1CN1CCC(C)CC1. The van der Waals surface area contributed by atoms with Crippen LogP contribution in [0.5, 0.6) is 0 Å². The number of hydrogen-bond acceptors (Lipinski definition) is 4. The normalized spacial score (nSPS) is 20.6. The van der Waals surface area contributed by atoms with Gasteiger partial charge in [-0.1, -0.05) is 42.3 Å². The predicted octanol–water partition coefficient (Wildman–Crippen LogP) is 4.79. The maximum Gasteiger partial charge on any atom is 0.338 e. The van der Waals surface area contributed by atoms with Crippen LogP contribution in [0.2, 0.25) is 10.0 Å². The van der Waals surface area contributed by atoms with Crippen LogP contribution in [0.1, 0.15) is 38.3 Å². The lowest BCUT2D eigenvalue weighted by atomic mass is 9.93. The Bertz CT molecular complexity index is 879. The first-order valence-corrected chi connectivity index (χ1v) is 11.4. The minimum absolute atomic E-state index is 0.229. The van der Waals surface area contributed by atoms with Gasteiger partial charge in [0.2, 0.25) is 0 Å². The Morgan fingerprint density at radius 2 is 2.03 bits per heavy atom. The third-order valence-corrected chi connectivity index (χ3v) is 6.33. The minimum atomic E-state index is -0.726. The first kappa shape index (κ1) is 23.6. The Morgan fingerprint density at radius 1 is 1.32 bits per heavy atom. The average Bonchev–Trinajstić information content (AvgIpc) is 2.72. The van der Waals surface area contributed by atoms with Gasteiger partial charge in [0.15, 0.2) is 0 Å². The highest BCUT2D eigenvalue weighted by molar-refractivity contribution is 6.35. The summed E-state index contributed by atoms with van der Waals surface area (Å²) in [6.45, 7) is 10.6. The number of carbonyl (C=O) groups is 2. The Balaban J connectivity index is 2.10. The fourth-order valence-corrected chi connectivity index (χ4v) is 4.56. The molecule has 0 spiro atoms. The van der Waals surface area contributed by atoms with Crippen molar-refractivity contribution in [3.05, 3.63) is 57.7 Å². The van der Waals surface area contributed by atoms with Crippen molar-refractivity contribution in [2.24, 2.45) is 5.92 Å². The smallest absolute Gasteiger partial charge is 0.338 e. The molecule has 31 heavy (non-hydrogen) atoms. The maximum absolute atomic E-state index is 13.1. The second-order valence-electron chi connectivity index (χ2n) is 7.99. The number of likely N-dealkylation sites (tertiary alicyclic amines) is 1. The Kier molecular flexibility index (Phi) is 8.03. The van der Waals surface area contributed by atoms with E-state index in [0.717, 1.165) is 25.9 Å². The molecule has 168 valence electrons. The fraction of sp³-hybridized carbons (Fsp3) is 0.478. The van der Waals surface area contributed by atoms with Crippen molar-refractivity contribution in [3.8, 4) is 0 Å². The van der Waals surface area contributed by atoms with Gasteiger partial charge in [-0.25, -0.2) is 9.59 Å². The first-order chi connectivity index (χ1) is 14.8. The van der Waals surface area contributed by atoms with Gasteiger partial charge in [-0.3, -0.25) is 9.80 Å². The zero-order chi connectivity index (χ0) is 22.5. The van der Waals surface area contributed by atoms with Gasteiger partial charge < -0.3 is 10.1 Å². The number of halogens is 2. The molecule has 1 fully saturated rings. The molecule has 8 heteroatoms. The number of esters is 1. The van der Waals surface area contributed by atoms with E-state index in [-0.39, 0.29) is 19.2 Å². The molecule has 3 rings (SSSR count). The summed E-state index contributed by atoms with van der Waals surface area (Å²) in [7, 11) is 0. The third kappa shape index (κ3) is 5.43. The van der Waals surface area contributed by atoms with E-state index in [4.69, 9.17) is 27.9 Å². The quantitative estimate of drug-likeness (QED) is 0.464. The van der Waals surface area contributed by atoms with Crippen molar-refractivity contribution in [2.75, 3.05) is 32.8 Å². The number of nitrogens with one attached hydrogen (secondary N) is 1. The van der Waals surface area contributed by atoms with Crippen molar-refractivity contribution in [1.82, 2.24) is 15.1 Å². The second kappa shape index (κ2) is 10.5. The molecule has 1 aromatic rings. The molecule has 2 heterocycles. The molecule has 2 amide bonds. The van der Waals surface area contributed by atoms with Gasteiger partial charge in [0.1, 0.15) is 0 Å². The van der Waals surface area contributed by atoms with Crippen molar-refractivity contribution < 1.29 is 14.3 Å². The molecule has 0 unspecified atom stereocenters. The van der Waals surface area contributed by atoms with E-state index in [1.54, 1.807) is 36.1 Å². The van der Waals surface area contributed by atoms with Crippen LogP contribution in [0.25, 0.3) is 0 Å². The molecule has 1 aromatic carbocycles. The van der Waals surface area contributed by atoms with Crippen LogP contribution in [0.3, 0.4) is 0 Å². The number of hydrogen-bond donors (Lipinski definition) is 1. The van der Waals surface area contributed by atoms with Gasteiger partial charge in [0.25, 0.3) is 0 Å². The molecule has 1 N–H and O–H groups in total. The van der Waals surface area contributed by atoms with Crippen molar-refractivity contribution in [1.29, 1.82) is 0 Å². The molecular formula is C23H29Cl2N3O3. The lowest BCUT2D eigenvalue weighted by Crippen LogP contribution is -2.51. The summed E-state index contributed by atoms with van der Waals surface area (Å²) in [5.74, 6) is 0.210. The summed E-state index contributed by atoms with van der Waals surface area (Å²) in [6, 6.07) is 4.01. The van der Waals surface area contributed by atoms with Crippen molar-refractivity contribution in [3.63, 3.8) is 0 Å². The van der Waals surface area contributed by atoms with Crippen LogP contribution in [-0.2, 0) is 9.53 Å². The topological polar surface area (TPSA) is 61.9 Å². The van der Waals surface area contributed by atoms with Gasteiger partial charge in [-0.2, -0.15) is 0 Å². The number of rotatable bonds is 7. The Hall–Kier alpha value is -2.02. The lowest BCUT2D eigenvalue weighted by molar-refractivity contribution is -0.139. The summed E-state index contributed by atoms with van der Waals surface area (Å²) in [4.78, 5) is 30.1. The van der Waals surface area contributed by atoms with Crippen LogP contribution in [0.4, 0.5) is 4.79 Å². The predicted molar refractivity (Wildman–Crippen MR) is 123 cm³/mol. The lowest BCUT2D eigenvalue weighted by Gasteiger charge is -2.39. The van der Waals surface area contributed by atoms with E-state index in [9.17, 15) is 9.59 Å². The van der Waals surface area contributed by atoms with E-state index in [2.05, 4.69) is 23.7 Å². The summed E-state index contributed by atoms with van der Waals surface area (Å²) in [6.07, 6.45) is 3.82. The summed E-state index contributed by atoms with van der Waals surface area (Å²) >= 11 is 12.5. The molecule has 0 saturated carbocycles. The van der Waals surface area contributed by atoms with Gasteiger partial charge in [0, 0.05) is 28.8 Å². The van der Waals surface area contributed by atoms with Crippen LogP contribution >= 0.6 is 23.2 Å². The zero-order valence-corrected chi connectivity index (χ0v) is 19.5. The van der Waals surface area contributed by atoms with Crippen LogP contribution in [0.15, 0.2) is 42.1 Å². The molecule has 0 aromatic heterocycles. The standard InChI is InChI=1S/C23H29Cl2N3O3/c1-4-10-28-19(14-27-11-8-15(3)9-12-27)20(22(29)31-5-2)21(26-23(28)30)17-7-6-16(24)13-18(17)25/h4,6-7,13,15,21H,1,5,8-12,14H2,2-3H3,(H,26,30)/t21-/m1/s1. The first-order valence-electron chi connectivity index (χ1n) is 10.6.